The van der Waals surface area contributed by atoms with Gasteiger partial charge in [0.25, 0.3) is 0 Å². The summed E-state index contributed by atoms with van der Waals surface area (Å²) < 4.78 is 0.844. The van der Waals surface area contributed by atoms with E-state index in [4.69, 9.17) is 0 Å². The van der Waals surface area contributed by atoms with E-state index in [1.54, 1.807) is 11.3 Å². The number of nitrogens with zero attached hydrogens (tertiary/aromatic N) is 2. The Hall–Kier alpha value is -0.160. The second-order valence-electron chi connectivity index (χ2n) is 4.23. The molecule has 3 nitrogen and oxygen atoms in total. The monoisotopic (exact) mass is 275 g/mol. The summed E-state index contributed by atoms with van der Waals surface area (Å²) in [6.45, 7) is 3.37. The minimum absolute atomic E-state index is 0.470. The van der Waals surface area contributed by atoms with E-state index in [0.29, 0.717) is 5.41 Å². The van der Waals surface area contributed by atoms with E-state index in [-0.39, 0.29) is 0 Å². The van der Waals surface area contributed by atoms with Crippen molar-refractivity contribution in [2.24, 2.45) is 5.41 Å². The van der Waals surface area contributed by atoms with Crippen LogP contribution in [-0.4, -0.2) is 16.7 Å². The van der Waals surface area contributed by atoms with E-state index in [1.165, 1.54) is 25.7 Å². The summed E-state index contributed by atoms with van der Waals surface area (Å²) >= 11 is 4.86. The molecule has 14 heavy (non-hydrogen) atoms. The topological polar surface area (TPSA) is 37.8 Å². The van der Waals surface area contributed by atoms with Crippen molar-refractivity contribution in [2.45, 2.75) is 32.6 Å². The van der Waals surface area contributed by atoms with Gasteiger partial charge >= 0.3 is 0 Å². The third kappa shape index (κ3) is 2.45. The summed E-state index contributed by atoms with van der Waals surface area (Å²) in [6.07, 6.45) is 5.41. The minimum Gasteiger partial charge on any atom is -0.360 e. The molecule has 0 bridgehead atoms. The first kappa shape index (κ1) is 10.4. The van der Waals surface area contributed by atoms with Gasteiger partial charge in [0, 0.05) is 6.54 Å². The molecular formula is C9H14BrN3S. The average molecular weight is 276 g/mol. The van der Waals surface area contributed by atoms with Crippen molar-refractivity contribution in [1.29, 1.82) is 0 Å². The second-order valence-corrected chi connectivity index (χ2v) is 6.49. The maximum absolute atomic E-state index is 4.02. The van der Waals surface area contributed by atoms with E-state index < -0.39 is 0 Å². The molecule has 1 aromatic heterocycles. The SMILES string of the molecule is CC1(CNc2nnc(Br)s2)CCCC1. The van der Waals surface area contributed by atoms with Crippen molar-refractivity contribution in [2.75, 3.05) is 11.9 Å². The van der Waals surface area contributed by atoms with Crippen molar-refractivity contribution in [3.63, 3.8) is 0 Å². The van der Waals surface area contributed by atoms with E-state index in [9.17, 15) is 0 Å². The van der Waals surface area contributed by atoms with Crippen LogP contribution in [0.3, 0.4) is 0 Å². The summed E-state index contributed by atoms with van der Waals surface area (Å²) in [6, 6.07) is 0. The molecule has 1 fully saturated rings. The minimum atomic E-state index is 0.470. The molecule has 0 saturated heterocycles. The first-order chi connectivity index (χ1) is 6.68. The summed E-state index contributed by atoms with van der Waals surface area (Å²) in [7, 11) is 0. The largest absolute Gasteiger partial charge is 0.360 e. The van der Waals surface area contributed by atoms with Crippen LogP contribution in [0.1, 0.15) is 32.6 Å². The zero-order valence-corrected chi connectivity index (χ0v) is 10.6. The lowest BCUT2D eigenvalue weighted by Crippen LogP contribution is -2.22. The highest BCUT2D eigenvalue weighted by atomic mass is 79.9. The molecular weight excluding hydrogens is 262 g/mol. The number of hydrogen-bond donors (Lipinski definition) is 1. The fourth-order valence-electron chi connectivity index (χ4n) is 1.97. The highest BCUT2D eigenvalue weighted by Crippen LogP contribution is 2.37. The van der Waals surface area contributed by atoms with Gasteiger partial charge in [-0.3, -0.25) is 0 Å². The molecule has 0 amide bonds. The molecule has 0 unspecified atom stereocenters. The first-order valence-electron chi connectivity index (χ1n) is 4.91. The summed E-state index contributed by atoms with van der Waals surface area (Å²) in [5.74, 6) is 0. The zero-order chi connectivity index (χ0) is 10.0. The Bertz CT molecular complexity index is 307. The van der Waals surface area contributed by atoms with E-state index in [0.717, 1.165) is 15.6 Å². The lowest BCUT2D eigenvalue weighted by atomic mass is 9.89. The van der Waals surface area contributed by atoms with Gasteiger partial charge < -0.3 is 5.32 Å². The Labute approximate surface area is 96.4 Å². The maximum Gasteiger partial charge on any atom is 0.206 e. The van der Waals surface area contributed by atoms with Crippen LogP contribution in [0.2, 0.25) is 0 Å². The van der Waals surface area contributed by atoms with Crippen LogP contribution >= 0.6 is 27.3 Å². The van der Waals surface area contributed by atoms with Crippen molar-refractivity contribution in [1.82, 2.24) is 10.2 Å². The Kier molecular flexibility index (Phi) is 3.07. The third-order valence-corrected chi connectivity index (χ3v) is 4.19. The number of nitrogens with one attached hydrogen (secondary N) is 1. The molecule has 1 aromatic rings. The number of rotatable bonds is 3. The molecule has 1 saturated carbocycles. The Balaban J connectivity index is 1.87. The highest BCUT2D eigenvalue weighted by molar-refractivity contribution is 9.11. The molecule has 1 heterocycles. The van der Waals surface area contributed by atoms with Gasteiger partial charge in [0.05, 0.1) is 0 Å². The molecule has 1 aliphatic rings. The van der Waals surface area contributed by atoms with Gasteiger partial charge in [-0.2, -0.15) is 0 Å². The Morgan fingerprint density at radius 1 is 1.43 bits per heavy atom. The molecule has 1 N–H and O–H groups in total. The fraction of sp³-hybridized carbons (Fsp3) is 0.778. The molecule has 1 aliphatic carbocycles. The smallest absolute Gasteiger partial charge is 0.206 e. The van der Waals surface area contributed by atoms with Gasteiger partial charge in [-0.15, -0.1) is 10.2 Å². The Morgan fingerprint density at radius 2 is 2.14 bits per heavy atom. The van der Waals surface area contributed by atoms with Gasteiger partial charge in [-0.1, -0.05) is 31.1 Å². The van der Waals surface area contributed by atoms with Crippen LogP contribution in [0.25, 0.3) is 0 Å². The number of halogens is 1. The van der Waals surface area contributed by atoms with Crippen LogP contribution in [-0.2, 0) is 0 Å². The third-order valence-electron chi connectivity index (χ3n) is 2.88. The lowest BCUT2D eigenvalue weighted by Gasteiger charge is -2.23. The Morgan fingerprint density at radius 3 is 2.71 bits per heavy atom. The molecule has 5 heteroatoms. The predicted octanol–water partition coefficient (Wildman–Crippen LogP) is 3.29. The summed E-state index contributed by atoms with van der Waals surface area (Å²) in [5.41, 5.74) is 0.470. The van der Waals surface area contributed by atoms with Crippen molar-refractivity contribution < 1.29 is 0 Å². The van der Waals surface area contributed by atoms with Gasteiger partial charge in [0.15, 0.2) is 3.92 Å². The van der Waals surface area contributed by atoms with Crippen LogP contribution in [0.15, 0.2) is 3.92 Å². The molecule has 78 valence electrons. The van der Waals surface area contributed by atoms with Gasteiger partial charge in [0.1, 0.15) is 0 Å². The average Bonchev–Trinajstić information content (AvgIpc) is 2.73. The molecule has 0 aromatic carbocycles. The number of aromatic nitrogens is 2. The molecule has 0 spiro atoms. The second kappa shape index (κ2) is 4.14. The van der Waals surface area contributed by atoms with Crippen LogP contribution in [0.5, 0.6) is 0 Å². The van der Waals surface area contributed by atoms with Gasteiger partial charge in [-0.05, 0) is 34.2 Å². The van der Waals surface area contributed by atoms with E-state index >= 15 is 0 Å². The van der Waals surface area contributed by atoms with E-state index in [2.05, 4.69) is 38.4 Å². The fourth-order valence-corrected chi connectivity index (χ4v) is 2.98. The van der Waals surface area contributed by atoms with Crippen LogP contribution in [0.4, 0.5) is 5.13 Å². The predicted molar refractivity (Wildman–Crippen MR) is 62.7 cm³/mol. The zero-order valence-electron chi connectivity index (χ0n) is 8.22. The van der Waals surface area contributed by atoms with Gasteiger partial charge in [-0.25, -0.2) is 0 Å². The molecule has 0 aliphatic heterocycles. The van der Waals surface area contributed by atoms with E-state index in [1.807, 2.05) is 0 Å². The van der Waals surface area contributed by atoms with Crippen LogP contribution < -0.4 is 5.32 Å². The van der Waals surface area contributed by atoms with Crippen molar-refractivity contribution >= 4 is 32.4 Å². The van der Waals surface area contributed by atoms with Crippen molar-refractivity contribution in [3.8, 4) is 0 Å². The first-order valence-corrected chi connectivity index (χ1v) is 6.52. The standard InChI is InChI=1S/C9H14BrN3S/c1-9(4-2-3-5-9)6-11-8-13-12-7(10)14-8/h2-6H2,1H3,(H,11,13). The molecule has 0 radical (unpaired) electrons. The summed E-state index contributed by atoms with van der Waals surface area (Å²) in [5, 5.41) is 12.2. The van der Waals surface area contributed by atoms with Crippen LogP contribution in [0, 0.1) is 5.41 Å². The van der Waals surface area contributed by atoms with Gasteiger partial charge in [0.2, 0.25) is 5.13 Å². The molecule has 0 atom stereocenters. The maximum atomic E-state index is 4.02. The van der Waals surface area contributed by atoms with Crippen molar-refractivity contribution in [3.05, 3.63) is 3.92 Å². The lowest BCUT2D eigenvalue weighted by molar-refractivity contribution is 0.362. The highest BCUT2D eigenvalue weighted by Gasteiger charge is 2.28. The number of hydrogen-bond acceptors (Lipinski definition) is 4. The summed E-state index contributed by atoms with van der Waals surface area (Å²) in [4.78, 5) is 0. The number of anilines is 1. The quantitative estimate of drug-likeness (QED) is 0.920. The normalized spacial score (nSPS) is 19.9. The molecule has 2 rings (SSSR count).